The molecule has 0 saturated heterocycles. The zero-order chi connectivity index (χ0) is 18.1. The van der Waals surface area contributed by atoms with Crippen LogP contribution in [0.1, 0.15) is 31.9 Å². The molecule has 0 unspecified atom stereocenters. The second kappa shape index (κ2) is 6.88. The van der Waals surface area contributed by atoms with Crippen molar-refractivity contribution in [3.05, 3.63) is 51.0 Å². The van der Waals surface area contributed by atoms with Crippen LogP contribution in [0.15, 0.2) is 23.0 Å². The molecule has 7 heteroatoms. The topological polar surface area (TPSA) is 60.7 Å². The van der Waals surface area contributed by atoms with Crippen molar-refractivity contribution < 1.29 is 4.39 Å². The number of hydrogen-bond donors (Lipinski definition) is 0. The minimum absolute atomic E-state index is 0.191. The lowest BCUT2D eigenvalue weighted by molar-refractivity contribution is 0.631. The smallest absolute Gasteiger partial charge is 0.280 e. The van der Waals surface area contributed by atoms with Crippen molar-refractivity contribution >= 4 is 22.6 Å². The Morgan fingerprint density at radius 2 is 1.92 bits per heavy atom. The molecule has 0 aliphatic carbocycles. The predicted octanol–water partition coefficient (Wildman–Crippen LogP) is 3.93. The molecule has 0 spiro atoms. The Kier molecular flexibility index (Phi) is 4.81. The Bertz CT molecular complexity index is 1020. The lowest BCUT2D eigenvalue weighted by atomic mass is 10.1. The lowest BCUT2D eigenvalue weighted by Gasteiger charge is -2.10. The van der Waals surface area contributed by atoms with Gasteiger partial charge in [-0.1, -0.05) is 25.4 Å². The van der Waals surface area contributed by atoms with E-state index in [1.165, 1.54) is 6.07 Å². The van der Waals surface area contributed by atoms with E-state index >= 15 is 0 Å². The van der Waals surface area contributed by atoms with E-state index in [2.05, 4.69) is 15.0 Å². The van der Waals surface area contributed by atoms with Crippen LogP contribution in [-0.4, -0.2) is 19.5 Å². The van der Waals surface area contributed by atoms with Crippen LogP contribution in [0.5, 0.6) is 0 Å². The van der Waals surface area contributed by atoms with Crippen LogP contribution in [0, 0.1) is 12.7 Å². The van der Waals surface area contributed by atoms with Crippen molar-refractivity contribution in [3.63, 3.8) is 0 Å². The Labute approximate surface area is 149 Å². The molecule has 0 amide bonds. The summed E-state index contributed by atoms with van der Waals surface area (Å²) in [4.78, 5) is 25.7. The molecule has 3 aromatic rings. The molecule has 0 fully saturated rings. The van der Waals surface area contributed by atoms with E-state index in [-0.39, 0.29) is 16.6 Å². The van der Waals surface area contributed by atoms with Crippen LogP contribution in [-0.2, 0) is 13.0 Å². The van der Waals surface area contributed by atoms with Crippen molar-refractivity contribution in [1.82, 2.24) is 19.5 Å². The highest BCUT2D eigenvalue weighted by Gasteiger charge is 2.21. The van der Waals surface area contributed by atoms with E-state index in [4.69, 9.17) is 11.6 Å². The normalized spacial score (nSPS) is 12.7. The molecular weight excluding hydrogens is 343 g/mol. The fraction of sp³-hybridized carbons (Fsp3) is 0.333. The fourth-order valence-electron chi connectivity index (χ4n) is 2.94. The van der Waals surface area contributed by atoms with Gasteiger partial charge in [0.1, 0.15) is 28.7 Å². The van der Waals surface area contributed by atoms with Gasteiger partial charge in [0.25, 0.3) is 5.56 Å². The number of aromatic nitrogens is 4. The zero-order valence-electron chi connectivity index (χ0n) is 14.3. The largest absolute Gasteiger partial charge is 0.295 e. The molecule has 2 aromatic heterocycles. The van der Waals surface area contributed by atoms with Gasteiger partial charge in [-0.15, -0.1) is 0 Å². The number of aryl methyl sites for hydroxylation is 2. The summed E-state index contributed by atoms with van der Waals surface area (Å²) in [6.07, 6.45) is 1.59. The fourth-order valence-corrected chi connectivity index (χ4v) is 3.10. The maximum atomic E-state index is 14.3. The van der Waals surface area contributed by atoms with E-state index in [0.717, 1.165) is 12.8 Å². The molecule has 1 aliphatic rings. The molecule has 5 nitrogen and oxygen atoms in total. The SMILES string of the molecule is CC.Cc1nc(-c2ccc(Cl)cc2F)c2nc3n(c(=O)c2n1)CCC3. The average Bonchev–Trinajstić information content (AvgIpc) is 3.06. The Morgan fingerprint density at radius 3 is 2.64 bits per heavy atom. The van der Waals surface area contributed by atoms with Crippen molar-refractivity contribution in [3.8, 4) is 11.3 Å². The quantitative estimate of drug-likeness (QED) is 0.659. The lowest BCUT2D eigenvalue weighted by Crippen LogP contribution is -2.22. The number of nitrogens with zero attached hydrogens (tertiary/aromatic N) is 4. The summed E-state index contributed by atoms with van der Waals surface area (Å²) in [6, 6.07) is 4.36. The van der Waals surface area contributed by atoms with Gasteiger partial charge in [0.05, 0.1) is 0 Å². The molecule has 0 N–H and O–H groups in total. The van der Waals surface area contributed by atoms with E-state index in [1.807, 2.05) is 13.8 Å². The molecule has 1 aliphatic heterocycles. The van der Waals surface area contributed by atoms with E-state index in [9.17, 15) is 9.18 Å². The summed E-state index contributed by atoms with van der Waals surface area (Å²) in [5.41, 5.74) is 0.972. The molecule has 3 heterocycles. The molecule has 0 radical (unpaired) electrons. The highest BCUT2D eigenvalue weighted by molar-refractivity contribution is 6.30. The van der Waals surface area contributed by atoms with Crippen LogP contribution in [0.2, 0.25) is 5.02 Å². The molecule has 25 heavy (non-hydrogen) atoms. The third-order valence-electron chi connectivity index (χ3n) is 3.96. The predicted molar refractivity (Wildman–Crippen MR) is 96.4 cm³/mol. The van der Waals surface area contributed by atoms with Gasteiger partial charge in [0.15, 0.2) is 5.52 Å². The first-order valence-electron chi connectivity index (χ1n) is 8.28. The maximum Gasteiger partial charge on any atom is 0.280 e. The Morgan fingerprint density at radius 1 is 1.16 bits per heavy atom. The highest BCUT2D eigenvalue weighted by Crippen LogP contribution is 2.28. The van der Waals surface area contributed by atoms with Crippen LogP contribution in [0.3, 0.4) is 0 Å². The highest BCUT2D eigenvalue weighted by atomic mass is 35.5. The Hall–Kier alpha value is -2.34. The summed E-state index contributed by atoms with van der Waals surface area (Å²) in [7, 11) is 0. The zero-order valence-corrected chi connectivity index (χ0v) is 15.1. The third-order valence-corrected chi connectivity index (χ3v) is 4.20. The van der Waals surface area contributed by atoms with Gasteiger partial charge < -0.3 is 0 Å². The minimum atomic E-state index is -0.501. The molecule has 1 aromatic carbocycles. The van der Waals surface area contributed by atoms with E-state index < -0.39 is 5.82 Å². The van der Waals surface area contributed by atoms with E-state index in [1.54, 1.807) is 23.6 Å². The summed E-state index contributed by atoms with van der Waals surface area (Å²) < 4.78 is 16.0. The van der Waals surface area contributed by atoms with Gasteiger partial charge in [-0.2, -0.15) is 0 Å². The minimum Gasteiger partial charge on any atom is -0.295 e. The summed E-state index contributed by atoms with van der Waals surface area (Å²) in [5, 5.41) is 0.301. The van der Waals surface area contributed by atoms with Crippen LogP contribution < -0.4 is 5.56 Å². The van der Waals surface area contributed by atoms with Crippen molar-refractivity contribution in [2.45, 2.75) is 40.2 Å². The van der Waals surface area contributed by atoms with Gasteiger partial charge in [0, 0.05) is 23.6 Å². The number of rotatable bonds is 1. The van der Waals surface area contributed by atoms with Crippen molar-refractivity contribution in [2.24, 2.45) is 0 Å². The molecule has 0 atom stereocenters. The first-order valence-corrected chi connectivity index (χ1v) is 8.66. The molecule has 0 saturated carbocycles. The number of benzene rings is 1. The second-order valence-corrected chi connectivity index (χ2v) is 5.97. The molecule has 130 valence electrons. The van der Waals surface area contributed by atoms with Gasteiger partial charge >= 0.3 is 0 Å². The summed E-state index contributed by atoms with van der Waals surface area (Å²) in [6.45, 7) is 6.32. The average molecular weight is 361 g/mol. The van der Waals surface area contributed by atoms with Crippen molar-refractivity contribution in [1.29, 1.82) is 0 Å². The number of halogens is 2. The second-order valence-electron chi connectivity index (χ2n) is 5.53. The molecular formula is C18H18ClFN4O. The standard InChI is InChI=1S/C16H12ClFN4O.C2H6/c1-8-19-13(10-5-4-9(17)7-11(10)18)14-15(20-8)16(23)22-6-2-3-12(22)21-14;1-2/h4-5,7H,2-3,6H2,1H3;1-2H3. The van der Waals surface area contributed by atoms with Crippen LogP contribution >= 0.6 is 11.6 Å². The third kappa shape index (κ3) is 3.02. The Balaban J connectivity index is 0.000000880. The number of hydrogen-bond acceptors (Lipinski definition) is 4. The van der Waals surface area contributed by atoms with Gasteiger partial charge in [0.2, 0.25) is 0 Å². The van der Waals surface area contributed by atoms with Crippen LogP contribution in [0.25, 0.3) is 22.3 Å². The van der Waals surface area contributed by atoms with Crippen LogP contribution in [0.4, 0.5) is 4.39 Å². The first kappa shape index (κ1) is 17.5. The number of fused-ring (bicyclic) bond motifs is 2. The summed E-state index contributed by atoms with van der Waals surface area (Å²) in [5.74, 6) is 0.601. The first-order chi connectivity index (χ1) is 12.0. The van der Waals surface area contributed by atoms with Gasteiger partial charge in [-0.25, -0.2) is 19.3 Å². The maximum absolute atomic E-state index is 14.3. The molecule has 4 rings (SSSR count). The summed E-state index contributed by atoms with van der Waals surface area (Å²) >= 11 is 5.81. The van der Waals surface area contributed by atoms with E-state index in [0.29, 0.717) is 34.4 Å². The van der Waals surface area contributed by atoms with Gasteiger partial charge in [-0.3, -0.25) is 9.36 Å². The van der Waals surface area contributed by atoms with Gasteiger partial charge in [-0.05, 0) is 31.5 Å². The van der Waals surface area contributed by atoms with Crippen molar-refractivity contribution in [2.75, 3.05) is 0 Å². The molecule has 0 bridgehead atoms. The monoisotopic (exact) mass is 360 g/mol.